The van der Waals surface area contributed by atoms with Gasteiger partial charge in [0, 0.05) is 18.0 Å². The second kappa shape index (κ2) is 4.34. The van der Waals surface area contributed by atoms with E-state index in [4.69, 9.17) is 5.26 Å². The Bertz CT molecular complexity index is 353. The number of thioether (sulfide) groups is 1. The van der Waals surface area contributed by atoms with Gasteiger partial charge < -0.3 is 5.32 Å². The summed E-state index contributed by atoms with van der Waals surface area (Å²) in [5.41, 5.74) is 1.54. The van der Waals surface area contributed by atoms with E-state index in [0.29, 0.717) is 11.6 Å². The Labute approximate surface area is 87.5 Å². The minimum atomic E-state index is 0.497. The number of aromatic nitrogens is 1. The summed E-state index contributed by atoms with van der Waals surface area (Å²) in [5.74, 6) is 2.33. The average molecular weight is 205 g/mol. The van der Waals surface area contributed by atoms with Crippen LogP contribution in [-0.4, -0.2) is 22.5 Å². The Kier molecular flexibility index (Phi) is 2.90. The molecule has 1 aromatic heterocycles. The van der Waals surface area contributed by atoms with Gasteiger partial charge in [0.2, 0.25) is 0 Å². The molecule has 0 amide bonds. The molecule has 1 unspecified atom stereocenters. The number of nitriles is 1. The number of nitrogens with zero attached hydrogens (tertiary/aromatic N) is 2. The number of hydrogen-bond acceptors (Lipinski definition) is 4. The summed E-state index contributed by atoms with van der Waals surface area (Å²) in [6.07, 6.45) is 4.54. The molecule has 3 nitrogen and oxygen atoms in total. The molecule has 1 aliphatic heterocycles. The van der Waals surface area contributed by atoms with Crippen molar-refractivity contribution in [2.75, 3.05) is 16.8 Å². The molecule has 1 saturated heterocycles. The molecule has 1 aromatic rings. The van der Waals surface area contributed by atoms with E-state index < -0.39 is 0 Å². The fraction of sp³-hybridized carbons (Fsp3) is 0.400. The van der Waals surface area contributed by atoms with Gasteiger partial charge in [-0.05, 0) is 18.2 Å². The smallest absolute Gasteiger partial charge is 0.101 e. The van der Waals surface area contributed by atoms with Gasteiger partial charge in [-0.25, -0.2) is 0 Å². The highest BCUT2D eigenvalue weighted by Crippen LogP contribution is 2.22. The topological polar surface area (TPSA) is 48.7 Å². The van der Waals surface area contributed by atoms with Crippen LogP contribution in [0.15, 0.2) is 18.5 Å². The summed E-state index contributed by atoms with van der Waals surface area (Å²) < 4.78 is 0. The van der Waals surface area contributed by atoms with Crippen molar-refractivity contribution >= 4 is 17.4 Å². The largest absolute Gasteiger partial charge is 0.379 e. The highest BCUT2D eigenvalue weighted by molar-refractivity contribution is 7.99. The van der Waals surface area contributed by atoms with E-state index in [-0.39, 0.29) is 0 Å². The van der Waals surface area contributed by atoms with Crippen molar-refractivity contribution in [3.63, 3.8) is 0 Å². The Morgan fingerprint density at radius 2 is 2.57 bits per heavy atom. The number of hydrogen-bond donors (Lipinski definition) is 1. The van der Waals surface area contributed by atoms with Crippen molar-refractivity contribution in [3.8, 4) is 6.07 Å². The molecular formula is C10H11N3S. The SMILES string of the molecule is N#Cc1ccncc1NC1CCSC1. The van der Waals surface area contributed by atoms with Crippen molar-refractivity contribution in [2.24, 2.45) is 0 Å². The first-order chi connectivity index (χ1) is 6.90. The molecule has 1 atom stereocenters. The van der Waals surface area contributed by atoms with E-state index in [1.807, 2.05) is 11.8 Å². The predicted molar refractivity (Wildman–Crippen MR) is 58.3 cm³/mol. The van der Waals surface area contributed by atoms with Crippen LogP contribution in [0, 0.1) is 11.3 Å². The van der Waals surface area contributed by atoms with Gasteiger partial charge in [0.25, 0.3) is 0 Å². The summed E-state index contributed by atoms with van der Waals surface area (Å²) in [5, 5.41) is 12.2. The zero-order valence-electron chi connectivity index (χ0n) is 7.73. The lowest BCUT2D eigenvalue weighted by atomic mass is 10.2. The first-order valence-corrected chi connectivity index (χ1v) is 5.74. The third-order valence-corrected chi connectivity index (χ3v) is 3.39. The molecule has 0 aliphatic carbocycles. The lowest BCUT2D eigenvalue weighted by Gasteiger charge is -2.12. The van der Waals surface area contributed by atoms with E-state index in [9.17, 15) is 0 Å². The van der Waals surface area contributed by atoms with E-state index in [2.05, 4.69) is 16.4 Å². The van der Waals surface area contributed by atoms with Crippen LogP contribution < -0.4 is 5.32 Å². The number of pyridine rings is 1. The molecule has 4 heteroatoms. The highest BCUT2D eigenvalue weighted by atomic mass is 32.2. The molecule has 1 aliphatic rings. The number of nitrogens with one attached hydrogen (secondary N) is 1. The van der Waals surface area contributed by atoms with Crippen LogP contribution in [-0.2, 0) is 0 Å². The summed E-state index contributed by atoms with van der Waals surface area (Å²) >= 11 is 1.95. The number of anilines is 1. The molecule has 1 N–H and O–H groups in total. The summed E-state index contributed by atoms with van der Waals surface area (Å²) in [4.78, 5) is 4.01. The highest BCUT2D eigenvalue weighted by Gasteiger charge is 2.16. The van der Waals surface area contributed by atoms with Gasteiger partial charge in [-0.3, -0.25) is 4.98 Å². The van der Waals surface area contributed by atoms with E-state index in [1.54, 1.807) is 18.5 Å². The van der Waals surface area contributed by atoms with E-state index in [0.717, 1.165) is 11.4 Å². The average Bonchev–Trinajstić information content (AvgIpc) is 2.71. The van der Waals surface area contributed by atoms with Crippen LogP contribution in [0.25, 0.3) is 0 Å². The van der Waals surface area contributed by atoms with Crippen LogP contribution in [0.4, 0.5) is 5.69 Å². The molecule has 0 bridgehead atoms. The van der Waals surface area contributed by atoms with Gasteiger partial charge in [-0.2, -0.15) is 17.0 Å². The molecule has 2 heterocycles. The normalized spacial score (nSPS) is 20.4. The maximum atomic E-state index is 8.87. The van der Waals surface area contributed by atoms with Crippen LogP contribution >= 0.6 is 11.8 Å². The Morgan fingerprint density at radius 1 is 1.64 bits per heavy atom. The molecule has 14 heavy (non-hydrogen) atoms. The molecule has 0 radical (unpaired) electrons. The molecule has 72 valence electrons. The standard InChI is InChI=1S/C10H11N3S/c11-5-8-1-3-12-6-10(8)13-9-2-4-14-7-9/h1,3,6,9,13H,2,4,7H2. The lowest BCUT2D eigenvalue weighted by Crippen LogP contribution is -2.18. The summed E-state index contributed by atoms with van der Waals surface area (Å²) in [6, 6.07) is 4.40. The van der Waals surface area contributed by atoms with Crippen molar-refractivity contribution in [1.82, 2.24) is 4.98 Å². The van der Waals surface area contributed by atoms with Crippen LogP contribution in [0.1, 0.15) is 12.0 Å². The van der Waals surface area contributed by atoms with Crippen molar-refractivity contribution in [1.29, 1.82) is 5.26 Å². The van der Waals surface area contributed by atoms with Gasteiger partial charge in [0.05, 0.1) is 17.4 Å². The predicted octanol–water partition coefficient (Wildman–Crippen LogP) is 1.87. The van der Waals surface area contributed by atoms with Crippen LogP contribution in [0.5, 0.6) is 0 Å². The minimum Gasteiger partial charge on any atom is -0.379 e. The Hall–Kier alpha value is -1.21. The summed E-state index contributed by atoms with van der Waals surface area (Å²) in [6.45, 7) is 0. The van der Waals surface area contributed by atoms with Gasteiger partial charge in [-0.1, -0.05) is 0 Å². The quantitative estimate of drug-likeness (QED) is 0.800. The Balaban J connectivity index is 2.11. The zero-order chi connectivity index (χ0) is 9.80. The fourth-order valence-electron chi connectivity index (χ4n) is 1.48. The maximum absolute atomic E-state index is 8.87. The molecule has 0 saturated carbocycles. The Morgan fingerprint density at radius 3 is 3.29 bits per heavy atom. The summed E-state index contributed by atoms with van der Waals surface area (Å²) in [7, 11) is 0. The monoisotopic (exact) mass is 205 g/mol. The molecule has 0 spiro atoms. The molecule has 1 fully saturated rings. The van der Waals surface area contributed by atoms with Crippen molar-refractivity contribution in [2.45, 2.75) is 12.5 Å². The lowest BCUT2D eigenvalue weighted by molar-refractivity contribution is 0.811. The van der Waals surface area contributed by atoms with Gasteiger partial charge in [0.1, 0.15) is 6.07 Å². The molecular weight excluding hydrogens is 194 g/mol. The van der Waals surface area contributed by atoms with Crippen LogP contribution in [0.3, 0.4) is 0 Å². The number of rotatable bonds is 2. The van der Waals surface area contributed by atoms with E-state index in [1.165, 1.54) is 12.2 Å². The third-order valence-electron chi connectivity index (χ3n) is 2.23. The van der Waals surface area contributed by atoms with Crippen molar-refractivity contribution in [3.05, 3.63) is 24.0 Å². The maximum Gasteiger partial charge on any atom is 0.101 e. The first kappa shape index (κ1) is 9.35. The fourth-order valence-corrected chi connectivity index (χ4v) is 2.63. The minimum absolute atomic E-state index is 0.497. The van der Waals surface area contributed by atoms with Crippen LogP contribution in [0.2, 0.25) is 0 Å². The van der Waals surface area contributed by atoms with Crippen molar-refractivity contribution < 1.29 is 0 Å². The third kappa shape index (κ3) is 1.99. The molecule has 0 aromatic carbocycles. The van der Waals surface area contributed by atoms with Gasteiger partial charge >= 0.3 is 0 Å². The zero-order valence-corrected chi connectivity index (χ0v) is 8.55. The van der Waals surface area contributed by atoms with Gasteiger partial charge in [-0.15, -0.1) is 0 Å². The first-order valence-electron chi connectivity index (χ1n) is 4.58. The van der Waals surface area contributed by atoms with Gasteiger partial charge in [0.15, 0.2) is 0 Å². The second-order valence-electron chi connectivity index (χ2n) is 3.24. The molecule has 2 rings (SSSR count). The van der Waals surface area contributed by atoms with E-state index >= 15 is 0 Å². The second-order valence-corrected chi connectivity index (χ2v) is 4.39.